The van der Waals surface area contributed by atoms with E-state index in [0.29, 0.717) is 13.1 Å². The van der Waals surface area contributed by atoms with E-state index in [-0.39, 0.29) is 23.5 Å². The third-order valence-electron chi connectivity index (χ3n) is 4.88. The van der Waals surface area contributed by atoms with Crippen LogP contribution in [0.4, 0.5) is 0 Å². The predicted molar refractivity (Wildman–Crippen MR) is 93.4 cm³/mol. The standard InChI is InChI=1S/C17H26N2O5S/c1-3-4-11-19-12-9-17(10-13-19,16(20)18-21)25(22,23)15-8-6-5-7-14(15)24-2/h5-8,21H,3-4,9-13H2,1-2H3,(H,18,20). The third kappa shape index (κ3) is 3.65. The molecule has 1 fully saturated rings. The Kier molecular flexibility index (Phi) is 6.42. The van der Waals surface area contributed by atoms with Gasteiger partial charge < -0.3 is 9.64 Å². The van der Waals surface area contributed by atoms with Crippen LogP contribution in [0.1, 0.15) is 32.6 Å². The Morgan fingerprint density at radius 2 is 1.96 bits per heavy atom. The lowest BCUT2D eigenvalue weighted by molar-refractivity contribution is -0.133. The van der Waals surface area contributed by atoms with Crippen molar-refractivity contribution in [1.29, 1.82) is 0 Å². The fourth-order valence-corrected chi connectivity index (χ4v) is 5.40. The highest BCUT2D eigenvalue weighted by Gasteiger charge is 2.53. The summed E-state index contributed by atoms with van der Waals surface area (Å²) in [5, 5.41) is 9.19. The first-order valence-corrected chi connectivity index (χ1v) is 9.96. The number of carbonyl (C=O) groups excluding carboxylic acids is 1. The number of hydrogen-bond acceptors (Lipinski definition) is 6. The Bertz CT molecular complexity index is 697. The van der Waals surface area contributed by atoms with Crippen LogP contribution in [0.3, 0.4) is 0 Å². The molecule has 0 aliphatic carbocycles. The Balaban J connectivity index is 2.40. The maximum Gasteiger partial charge on any atom is 0.265 e. The van der Waals surface area contributed by atoms with Crippen molar-refractivity contribution >= 4 is 15.7 Å². The molecule has 25 heavy (non-hydrogen) atoms. The van der Waals surface area contributed by atoms with Gasteiger partial charge in [0, 0.05) is 13.1 Å². The number of rotatable bonds is 7. The van der Waals surface area contributed by atoms with Crippen LogP contribution in [-0.4, -0.2) is 55.9 Å². The first-order valence-electron chi connectivity index (χ1n) is 8.47. The van der Waals surface area contributed by atoms with Crippen molar-refractivity contribution < 1.29 is 23.2 Å². The molecule has 1 aromatic rings. The molecule has 0 atom stereocenters. The summed E-state index contributed by atoms with van der Waals surface area (Å²) in [5.74, 6) is -0.686. The summed E-state index contributed by atoms with van der Waals surface area (Å²) in [6.45, 7) is 3.95. The Morgan fingerprint density at radius 1 is 1.32 bits per heavy atom. The maximum absolute atomic E-state index is 13.3. The van der Waals surface area contributed by atoms with Crippen molar-refractivity contribution in [3.05, 3.63) is 24.3 Å². The lowest BCUT2D eigenvalue weighted by atomic mass is 9.94. The number of para-hydroxylation sites is 1. The third-order valence-corrected chi connectivity index (χ3v) is 7.42. The number of nitrogens with one attached hydrogen (secondary N) is 1. The first kappa shape index (κ1) is 19.7. The normalized spacial score (nSPS) is 17.9. The molecule has 8 heteroatoms. The molecule has 7 nitrogen and oxygen atoms in total. The van der Waals surface area contributed by atoms with Gasteiger partial charge in [-0.15, -0.1) is 0 Å². The van der Waals surface area contributed by atoms with E-state index in [1.165, 1.54) is 13.2 Å². The fourth-order valence-electron chi connectivity index (χ4n) is 3.29. The number of ether oxygens (including phenoxy) is 1. The van der Waals surface area contributed by atoms with Crippen molar-refractivity contribution in [2.24, 2.45) is 0 Å². The average molecular weight is 370 g/mol. The minimum Gasteiger partial charge on any atom is -0.495 e. The second-order valence-corrected chi connectivity index (χ2v) is 8.51. The van der Waals surface area contributed by atoms with Crippen LogP contribution < -0.4 is 10.2 Å². The second kappa shape index (κ2) is 8.16. The van der Waals surface area contributed by atoms with Crippen molar-refractivity contribution in [2.45, 2.75) is 42.2 Å². The lowest BCUT2D eigenvalue weighted by Crippen LogP contribution is -2.57. The van der Waals surface area contributed by atoms with Crippen LogP contribution in [-0.2, 0) is 14.6 Å². The van der Waals surface area contributed by atoms with Crippen LogP contribution in [0, 0.1) is 0 Å². The molecule has 1 aliphatic heterocycles. The molecule has 0 radical (unpaired) electrons. The number of amides is 1. The van der Waals surface area contributed by atoms with Crippen LogP contribution in [0.25, 0.3) is 0 Å². The molecule has 1 heterocycles. The fraction of sp³-hybridized carbons (Fsp3) is 0.588. The SMILES string of the molecule is CCCCN1CCC(C(=O)NO)(S(=O)(=O)c2ccccc2OC)CC1. The highest BCUT2D eigenvalue weighted by molar-refractivity contribution is 7.93. The van der Waals surface area contributed by atoms with Crippen LogP contribution >= 0.6 is 0 Å². The minimum absolute atomic E-state index is 0.0249. The number of methoxy groups -OCH3 is 1. The van der Waals surface area contributed by atoms with E-state index in [2.05, 4.69) is 11.8 Å². The second-order valence-electron chi connectivity index (χ2n) is 6.28. The monoisotopic (exact) mass is 370 g/mol. The molecule has 0 saturated carbocycles. The topological polar surface area (TPSA) is 95.9 Å². The number of sulfone groups is 1. The summed E-state index contributed by atoms with van der Waals surface area (Å²) in [6.07, 6.45) is 2.34. The van der Waals surface area contributed by atoms with Gasteiger partial charge in [-0.1, -0.05) is 25.5 Å². The van der Waals surface area contributed by atoms with Gasteiger partial charge in [0.15, 0.2) is 14.6 Å². The summed E-state index contributed by atoms with van der Waals surface area (Å²) in [7, 11) is -2.66. The first-order chi connectivity index (χ1) is 11.9. The predicted octanol–water partition coefficient (Wildman–Crippen LogP) is 1.61. The molecule has 1 aliphatic rings. The zero-order chi connectivity index (χ0) is 18.5. The highest BCUT2D eigenvalue weighted by atomic mass is 32.2. The lowest BCUT2D eigenvalue weighted by Gasteiger charge is -2.39. The van der Waals surface area contributed by atoms with Gasteiger partial charge in [0.05, 0.1) is 7.11 Å². The molecule has 1 saturated heterocycles. The number of unbranched alkanes of at least 4 members (excludes halogenated alkanes) is 1. The number of hydroxylamine groups is 1. The number of benzene rings is 1. The molecule has 0 unspecified atom stereocenters. The summed E-state index contributed by atoms with van der Waals surface area (Å²) in [5.41, 5.74) is 1.57. The molecular weight excluding hydrogens is 344 g/mol. The zero-order valence-corrected chi connectivity index (χ0v) is 15.5. The zero-order valence-electron chi connectivity index (χ0n) is 14.7. The summed E-state index contributed by atoms with van der Waals surface area (Å²) >= 11 is 0. The van der Waals surface area contributed by atoms with Crippen molar-refractivity contribution in [3.8, 4) is 5.75 Å². The number of hydrogen-bond donors (Lipinski definition) is 2. The number of carbonyl (C=O) groups is 1. The molecule has 0 bridgehead atoms. The van der Waals surface area contributed by atoms with E-state index in [1.807, 2.05) is 0 Å². The van der Waals surface area contributed by atoms with E-state index in [0.717, 1.165) is 19.4 Å². The van der Waals surface area contributed by atoms with Crippen LogP contribution in [0.5, 0.6) is 5.75 Å². The van der Waals surface area contributed by atoms with Gasteiger partial charge in [0.2, 0.25) is 0 Å². The van der Waals surface area contributed by atoms with Crippen LogP contribution in [0.15, 0.2) is 29.2 Å². The molecule has 1 aromatic carbocycles. The minimum atomic E-state index is -4.05. The van der Waals surface area contributed by atoms with Gasteiger partial charge in [-0.3, -0.25) is 10.0 Å². The van der Waals surface area contributed by atoms with E-state index in [4.69, 9.17) is 4.74 Å². The quantitative estimate of drug-likeness (QED) is 0.559. The van der Waals surface area contributed by atoms with Gasteiger partial charge in [-0.25, -0.2) is 13.9 Å². The van der Waals surface area contributed by atoms with E-state index >= 15 is 0 Å². The number of nitrogens with zero attached hydrogens (tertiary/aromatic N) is 1. The summed E-state index contributed by atoms with van der Waals surface area (Å²) < 4.78 is 30.2. The summed E-state index contributed by atoms with van der Waals surface area (Å²) in [4.78, 5) is 14.6. The largest absolute Gasteiger partial charge is 0.495 e. The Hall–Kier alpha value is -1.64. The van der Waals surface area contributed by atoms with Crippen molar-refractivity contribution in [2.75, 3.05) is 26.7 Å². The van der Waals surface area contributed by atoms with Gasteiger partial charge in [0.25, 0.3) is 5.91 Å². The van der Waals surface area contributed by atoms with Gasteiger partial charge >= 0.3 is 0 Å². The molecule has 0 aromatic heterocycles. The van der Waals surface area contributed by atoms with E-state index < -0.39 is 20.5 Å². The molecule has 2 N–H and O–H groups in total. The van der Waals surface area contributed by atoms with Gasteiger partial charge in [-0.2, -0.15) is 0 Å². The van der Waals surface area contributed by atoms with Crippen molar-refractivity contribution in [3.63, 3.8) is 0 Å². The smallest absolute Gasteiger partial charge is 0.265 e. The number of piperidine rings is 1. The molecule has 0 spiro atoms. The van der Waals surface area contributed by atoms with E-state index in [1.54, 1.807) is 23.7 Å². The Morgan fingerprint density at radius 3 is 2.52 bits per heavy atom. The molecule has 1 amide bonds. The van der Waals surface area contributed by atoms with Gasteiger partial charge in [0.1, 0.15) is 10.6 Å². The maximum atomic E-state index is 13.3. The number of likely N-dealkylation sites (tertiary alicyclic amines) is 1. The van der Waals surface area contributed by atoms with E-state index in [9.17, 15) is 18.4 Å². The van der Waals surface area contributed by atoms with Gasteiger partial charge in [-0.05, 0) is 37.9 Å². The molecular formula is C17H26N2O5S. The summed E-state index contributed by atoms with van der Waals surface area (Å²) in [6, 6.07) is 6.25. The Labute approximate surface area is 148 Å². The highest BCUT2D eigenvalue weighted by Crippen LogP contribution is 2.39. The molecule has 2 rings (SSSR count). The molecule has 140 valence electrons. The average Bonchev–Trinajstić information content (AvgIpc) is 2.65. The van der Waals surface area contributed by atoms with Crippen LogP contribution in [0.2, 0.25) is 0 Å². The van der Waals surface area contributed by atoms with Crippen molar-refractivity contribution in [1.82, 2.24) is 10.4 Å².